The number of nitrogens with zero attached hydrogens (tertiary/aromatic N) is 2. The fourth-order valence-electron chi connectivity index (χ4n) is 3.63. The topological polar surface area (TPSA) is 98.0 Å². The van der Waals surface area contributed by atoms with Crippen molar-refractivity contribution in [2.45, 2.75) is 19.9 Å². The van der Waals surface area contributed by atoms with Crippen LogP contribution in [0.1, 0.15) is 41.4 Å². The minimum Gasteiger partial charge on any atom is -0.478 e. The van der Waals surface area contributed by atoms with Gasteiger partial charge in [0.25, 0.3) is 5.56 Å². The number of halogens is 1. The summed E-state index contributed by atoms with van der Waals surface area (Å²) in [6, 6.07) is 10.9. The molecule has 2 heterocycles. The van der Waals surface area contributed by atoms with Crippen LogP contribution in [0.25, 0.3) is 6.08 Å². The summed E-state index contributed by atoms with van der Waals surface area (Å²) in [5.74, 6) is -2.07. The van der Waals surface area contributed by atoms with Crippen LogP contribution in [-0.4, -0.2) is 28.2 Å². The van der Waals surface area contributed by atoms with Crippen LogP contribution in [0.3, 0.4) is 0 Å². The number of thiazole rings is 1. The van der Waals surface area contributed by atoms with Crippen LogP contribution in [0.4, 0.5) is 4.39 Å². The fourth-order valence-corrected chi connectivity index (χ4v) is 4.67. The number of allylic oxidation sites excluding steroid dienone is 1. The zero-order valence-electron chi connectivity index (χ0n) is 17.7. The Balaban J connectivity index is 1.90. The number of aromatic carboxylic acids is 1. The standard InChI is InChI=1S/C24H19FN2O5S/c1-3-32-23(31)19-13(2)26-24-27(20(19)15-8-10-17(25)11-9-15)21(28)18(33-24)12-14-4-6-16(7-5-14)22(29)30/h4-12,20H,3H2,1-2H3,(H,29,30). The van der Waals surface area contributed by atoms with Crippen molar-refractivity contribution in [1.29, 1.82) is 0 Å². The lowest BCUT2D eigenvalue weighted by atomic mass is 9.96. The van der Waals surface area contributed by atoms with Crippen molar-refractivity contribution in [3.63, 3.8) is 0 Å². The largest absolute Gasteiger partial charge is 0.478 e. The van der Waals surface area contributed by atoms with Gasteiger partial charge >= 0.3 is 11.9 Å². The van der Waals surface area contributed by atoms with Crippen LogP contribution in [0.5, 0.6) is 0 Å². The Morgan fingerprint density at radius 2 is 1.85 bits per heavy atom. The molecule has 1 aromatic heterocycles. The van der Waals surface area contributed by atoms with E-state index in [0.29, 0.717) is 26.2 Å². The molecule has 1 aliphatic rings. The molecule has 0 radical (unpaired) electrons. The first kappa shape index (κ1) is 22.3. The van der Waals surface area contributed by atoms with E-state index in [-0.39, 0.29) is 23.3 Å². The Bertz CT molecular complexity index is 1450. The van der Waals surface area contributed by atoms with Gasteiger partial charge in [0, 0.05) is 0 Å². The molecule has 3 aromatic rings. The number of carbonyl (C=O) groups excluding carboxylic acids is 1. The van der Waals surface area contributed by atoms with E-state index in [2.05, 4.69) is 4.99 Å². The minimum absolute atomic E-state index is 0.139. The molecule has 0 saturated heterocycles. The van der Waals surface area contributed by atoms with E-state index >= 15 is 0 Å². The summed E-state index contributed by atoms with van der Waals surface area (Å²) in [6.45, 7) is 3.51. The van der Waals surface area contributed by atoms with Crippen molar-refractivity contribution < 1.29 is 23.8 Å². The molecule has 33 heavy (non-hydrogen) atoms. The second-order valence-electron chi connectivity index (χ2n) is 7.28. The van der Waals surface area contributed by atoms with Gasteiger partial charge in [-0.1, -0.05) is 35.6 Å². The highest BCUT2D eigenvalue weighted by Gasteiger charge is 2.33. The third-order valence-electron chi connectivity index (χ3n) is 5.16. The van der Waals surface area contributed by atoms with Crippen molar-refractivity contribution in [3.05, 3.63) is 102 Å². The van der Waals surface area contributed by atoms with E-state index in [1.807, 2.05) is 0 Å². The number of hydrogen-bond acceptors (Lipinski definition) is 6. The third kappa shape index (κ3) is 4.27. The molecule has 1 aliphatic heterocycles. The second kappa shape index (κ2) is 8.95. The van der Waals surface area contributed by atoms with Crippen LogP contribution >= 0.6 is 11.3 Å². The number of carboxylic acid groups (broad SMARTS) is 1. The van der Waals surface area contributed by atoms with Crippen molar-refractivity contribution in [2.75, 3.05) is 6.61 Å². The second-order valence-corrected chi connectivity index (χ2v) is 8.29. The number of esters is 1. The Hall–Kier alpha value is -3.85. The molecule has 0 amide bonds. The molecule has 0 bridgehead atoms. The molecule has 1 atom stereocenters. The van der Waals surface area contributed by atoms with E-state index in [9.17, 15) is 18.8 Å². The molecule has 0 fully saturated rings. The lowest BCUT2D eigenvalue weighted by Gasteiger charge is -2.24. The summed E-state index contributed by atoms with van der Waals surface area (Å²) in [4.78, 5) is 42.1. The maximum Gasteiger partial charge on any atom is 0.338 e. The number of aromatic nitrogens is 1. The summed E-state index contributed by atoms with van der Waals surface area (Å²) < 4.78 is 20.6. The molecule has 4 rings (SSSR count). The lowest BCUT2D eigenvalue weighted by Crippen LogP contribution is -2.39. The van der Waals surface area contributed by atoms with Gasteiger partial charge in [0.2, 0.25) is 0 Å². The first-order chi connectivity index (χ1) is 15.8. The number of rotatable bonds is 5. The van der Waals surface area contributed by atoms with Crippen LogP contribution in [0, 0.1) is 5.82 Å². The molecule has 9 heteroatoms. The molecule has 0 aliphatic carbocycles. The summed E-state index contributed by atoms with van der Waals surface area (Å²) in [5.41, 5.74) is 1.59. The Morgan fingerprint density at radius 3 is 2.45 bits per heavy atom. The van der Waals surface area contributed by atoms with Crippen LogP contribution in [0.2, 0.25) is 0 Å². The molecular weight excluding hydrogens is 447 g/mol. The predicted molar refractivity (Wildman–Crippen MR) is 120 cm³/mol. The summed E-state index contributed by atoms with van der Waals surface area (Å²) in [6.07, 6.45) is 1.64. The smallest absolute Gasteiger partial charge is 0.338 e. The van der Waals surface area contributed by atoms with E-state index in [4.69, 9.17) is 9.84 Å². The van der Waals surface area contributed by atoms with Crippen LogP contribution in [-0.2, 0) is 9.53 Å². The number of ether oxygens (including phenoxy) is 1. The fraction of sp³-hybridized carbons (Fsp3) is 0.167. The summed E-state index contributed by atoms with van der Waals surface area (Å²) in [7, 11) is 0. The van der Waals surface area contributed by atoms with Gasteiger partial charge in [-0.2, -0.15) is 0 Å². The van der Waals surface area contributed by atoms with Crippen LogP contribution < -0.4 is 14.9 Å². The third-order valence-corrected chi connectivity index (χ3v) is 6.14. The maximum atomic E-state index is 13.6. The van der Waals surface area contributed by atoms with Crippen molar-refractivity contribution in [3.8, 4) is 0 Å². The van der Waals surface area contributed by atoms with E-state index < -0.39 is 23.8 Å². The molecular formula is C24H19FN2O5S. The number of hydrogen-bond donors (Lipinski definition) is 1. The van der Waals surface area contributed by atoms with Gasteiger partial charge in [0.1, 0.15) is 5.82 Å². The van der Waals surface area contributed by atoms with E-state index in [1.54, 1.807) is 32.1 Å². The average molecular weight is 466 g/mol. The van der Waals surface area contributed by atoms with Gasteiger partial charge in [-0.25, -0.2) is 19.0 Å². The number of benzene rings is 2. The van der Waals surface area contributed by atoms with E-state index in [0.717, 1.165) is 11.3 Å². The number of fused-ring (bicyclic) bond motifs is 1. The average Bonchev–Trinajstić information content (AvgIpc) is 3.08. The van der Waals surface area contributed by atoms with Gasteiger partial charge in [-0.15, -0.1) is 0 Å². The van der Waals surface area contributed by atoms with Crippen LogP contribution in [0.15, 0.2) is 69.6 Å². The number of carboxylic acids is 1. The molecule has 168 valence electrons. The molecule has 1 unspecified atom stereocenters. The van der Waals surface area contributed by atoms with Crippen molar-refractivity contribution >= 4 is 29.4 Å². The zero-order chi connectivity index (χ0) is 23.7. The highest BCUT2D eigenvalue weighted by atomic mass is 32.1. The normalized spacial score (nSPS) is 15.7. The predicted octanol–water partition coefficient (Wildman–Crippen LogP) is 2.64. The quantitative estimate of drug-likeness (QED) is 0.583. The molecule has 2 aromatic carbocycles. The van der Waals surface area contributed by atoms with Gasteiger partial charge in [0.15, 0.2) is 4.80 Å². The minimum atomic E-state index is -1.04. The maximum absolute atomic E-state index is 13.6. The first-order valence-electron chi connectivity index (χ1n) is 10.1. The molecule has 0 saturated carbocycles. The van der Waals surface area contributed by atoms with Gasteiger partial charge in [0.05, 0.1) is 34.0 Å². The van der Waals surface area contributed by atoms with Crippen molar-refractivity contribution in [1.82, 2.24) is 4.57 Å². The zero-order valence-corrected chi connectivity index (χ0v) is 18.6. The first-order valence-corrected chi connectivity index (χ1v) is 10.9. The summed E-state index contributed by atoms with van der Waals surface area (Å²) >= 11 is 1.15. The molecule has 7 nitrogen and oxygen atoms in total. The van der Waals surface area contributed by atoms with E-state index in [1.165, 1.54) is 41.0 Å². The molecule has 0 spiro atoms. The van der Waals surface area contributed by atoms with Gasteiger partial charge in [-0.3, -0.25) is 9.36 Å². The lowest BCUT2D eigenvalue weighted by molar-refractivity contribution is -0.139. The summed E-state index contributed by atoms with van der Waals surface area (Å²) in [5, 5.41) is 9.07. The molecule has 1 N–H and O–H groups in total. The highest BCUT2D eigenvalue weighted by molar-refractivity contribution is 7.07. The Labute approximate surface area is 191 Å². The monoisotopic (exact) mass is 466 g/mol. The number of carbonyl (C=O) groups is 2. The Kier molecular flexibility index (Phi) is 6.06. The van der Waals surface area contributed by atoms with Crippen molar-refractivity contribution in [2.24, 2.45) is 4.99 Å². The Morgan fingerprint density at radius 1 is 1.18 bits per heavy atom. The van der Waals surface area contributed by atoms with Gasteiger partial charge < -0.3 is 9.84 Å². The highest BCUT2D eigenvalue weighted by Crippen LogP contribution is 2.30. The SMILES string of the molecule is CCOC(=O)C1=C(C)N=c2sc(=Cc3ccc(C(=O)O)cc3)c(=O)n2C1c1ccc(F)cc1. The van der Waals surface area contributed by atoms with Gasteiger partial charge in [-0.05, 0) is 55.3 Å².